The fraction of sp³-hybridized carbons (Fsp3) is 0.920. The molecule has 4 rings (SSSR count). The molecule has 4 saturated carbocycles. The molecule has 0 aromatic carbocycles. The van der Waals surface area contributed by atoms with E-state index >= 15 is 0 Å². The van der Waals surface area contributed by atoms with Crippen molar-refractivity contribution in [2.45, 2.75) is 97.5 Å². The van der Waals surface area contributed by atoms with Crippen LogP contribution in [-0.4, -0.2) is 34.4 Å². The molecule has 2 bridgehead atoms. The van der Waals surface area contributed by atoms with Crippen molar-refractivity contribution in [3.63, 3.8) is 0 Å². The maximum Gasteiger partial charge on any atom is 0.309 e. The normalized spacial score (nSPS) is 47.5. The van der Waals surface area contributed by atoms with Crippen molar-refractivity contribution in [3.05, 3.63) is 0 Å². The molecule has 4 fully saturated rings. The Labute approximate surface area is 180 Å². The van der Waals surface area contributed by atoms with E-state index in [1.807, 2.05) is 20.8 Å². The fourth-order valence-corrected chi connectivity index (χ4v) is 8.64. The van der Waals surface area contributed by atoms with Gasteiger partial charge in [0.15, 0.2) is 0 Å². The standard InChI is InChI=1S/C25H40O5/c1-16(2)12-20(26)30-15-25(29)14-24-11-8-18-22(3,19(24)7-6-17(25)13-24)9-5-10-23(18,4)21(27)28/h16-19,29H,5-15H2,1-4H3,(H,27,28). The summed E-state index contributed by atoms with van der Waals surface area (Å²) in [5.74, 6) is 0.260. The molecule has 0 heterocycles. The zero-order valence-corrected chi connectivity index (χ0v) is 19.2. The van der Waals surface area contributed by atoms with E-state index in [4.69, 9.17) is 4.74 Å². The first-order valence-electron chi connectivity index (χ1n) is 12.1. The van der Waals surface area contributed by atoms with Gasteiger partial charge >= 0.3 is 11.9 Å². The summed E-state index contributed by atoms with van der Waals surface area (Å²) in [6.07, 6.45) is 8.90. The van der Waals surface area contributed by atoms with Crippen LogP contribution in [0.4, 0.5) is 0 Å². The largest absolute Gasteiger partial charge is 0.481 e. The number of carboxylic acid groups (broad SMARTS) is 1. The van der Waals surface area contributed by atoms with Crippen LogP contribution in [0.3, 0.4) is 0 Å². The first-order chi connectivity index (χ1) is 14.0. The predicted molar refractivity (Wildman–Crippen MR) is 114 cm³/mol. The van der Waals surface area contributed by atoms with Crippen molar-refractivity contribution in [2.75, 3.05) is 6.61 Å². The second-order valence-electron chi connectivity index (χ2n) is 12.1. The second kappa shape index (κ2) is 7.21. The van der Waals surface area contributed by atoms with Gasteiger partial charge in [-0.05, 0) is 92.8 Å². The summed E-state index contributed by atoms with van der Waals surface area (Å²) >= 11 is 0. The van der Waals surface area contributed by atoms with E-state index in [9.17, 15) is 19.8 Å². The lowest BCUT2D eigenvalue weighted by Gasteiger charge is -2.63. The molecule has 0 radical (unpaired) electrons. The Hall–Kier alpha value is -1.10. The van der Waals surface area contributed by atoms with Crippen molar-refractivity contribution in [1.29, 1.82) is 0 Å². The van der Waals surface area contributed by atoms with Crippen LogP contribution in [0.5, 0.6) is 0 Å². The van der Waals surface area contributed by atoms with Crippen LogP contribution in [0.1, 0.15) is 91.9 Å². The number of aliphatic carboxylic acids is 1. The molecular weight excluding hydrogens is 380 g/mol. The van der Waals surface area contributed by atoms with Crippen LogP contribution in [0.25, 0.3) is 0 Å². The van der Waals surface area contributed by atoms with Gasteiger partial charge in [-0.1, -0.05) is 27.2 Å². The number of hydrogen-bond donors (Lipinski definition) is 2. The summed E-state index contributed by atoms with van der Waals surface area (Å²) in [6, 6.07) is 0. The summed E-state index contributed by atoms with van der Waals surface area (Å²) < 4.78 is 5.55. The van der Waals surface area contributed by atoms with E-state index in [0.717, 1.165) is 51.4 Å². The number of rotatable bonds is 5. The molecule has 4 aliphatic carbocycles. The lowest BCUT2D eigenvalue weighted by atomic mass is 9.41. The Balaban J connectivity index is 1.55. The van der Waals surface area contributed by atoms with Gasteiger partial charge in [-0.3, -0.25) is 9.59 Å². The highest BCUT2D eigenvalue weighted by Gasteiger charge is 2.68. The highest BCUT2D eigenvalue weighted by molar-refractivity contribution is 5.75. The molecule has 1 spiro atoms. The van der Waals surface area contributed by atoms with E-state index in [2.05, 4.69) is 6.92 Å². The van der Waals surface area contributed by atoms with E-state index in [-0.39, 0.29) is 41.2 Å². The van der Waals surface area contributed by atoms with Crippen LogP contribution in [-0.2, 0) is 14.3 Å². The molecule has 2 N–H and O–H groups in total. The molecule has 30 heavy (non-hydrogen) atoms. The molecule has 0 aromatic heterocycles. The fourth-order valence-electron chi connectivity index (χ4n) is 8.64. The van der Waals surface area contributed by atoms with Gasteiger partial charge in [-0.15, -0.1) is 0 Å². The number of carboxylic acids is 1. The second-order valence-corrected chi connectivity index (χ2v) is 12.1. The molecule has 7 atom stereocenters. The van der Waals surface area contributed by atoms with Crippen molar-refractivity contribution in [1.82, 2.24) is 0 Å². The minimum absolute atomic E-state index is 0.0220. The van der Waals surface area contributed by atoms with E-state index < -0.39 is 17.0 Å². The number of carbonyl (C=O) groups excluding carboxylic acids is 1. The Bertz CT molecular complexity index is 718. The van der Waals surface area contributed by atoms with Crippen molar-refractivity contribution >= 4 is 11.9 Å². The van der Waals surface area contributed by atoms with E-state index in [0.29, 0.717) is 18.8 Å². The van der Waals surface area contributed by atoms with Crippen molar-refractivity contribution in [2.24, 2.45) is 39.9 Å². The third kappa shape index (κ3) is 3.22. The van der Waals surface area contributed by atoms with Crippen LogP contribution in [0.15, 0.2) is 0 Å². The summed E-state index contributed by atoms with van der Waals surface area (Å²) in [5.41, 5.74) is -1.46. The Morgan fingerprint density at radius 3 is 2.47 bits per heavy atom. The SMILES string of the molecule is CC(C)CC(=O)OCC1(O)CC23CCC4C(C)(C(=O)O)CCCC4(C)C2CCC1C3. The minimum Gasteiger partial charge on any atom is -0.481 e. The number of hydrogen-bond acceptors (Lipinski definition) is 4. The molecule has 0 aromatic rings. The number of carbonyl (C=O) groups is 2. The van der Waals surface area contributed by atoms with Crippen LogP contribution < -0.4 is 0 Å². The molecule has 4 aliphatic rings. The molecule has 170 valence electrons. The van der Waals surface area contributed by atoms with Crippen molar-refractivity contribution in [3.8, 4) is 0 Å². The summed E-state index contributed by atoms with van der Waals surface area (Å²) in [4.78, 5) is 24.3. The van der Waals surface area contributed by atoms with Crippen LogP contribution in [0.2, 0.25) is 0 Å². The lowest BCUT2D eigenvalue weighted by Crippen LogP contribution is -2.58. The zero-order valence-electron chi connectivity index (χ0n) is 19.2. The number of fused-ring (bicyclic) bond motifs is 3. The van der Waals surface area contributed by atoms with Gasteiger partial charge in [0.05, 0.1) is 5.41 Å². The summed E-state index contributed by atoms with van der Waals surface area (Å²) in [7, 11) is 0. The summed E-state index contributed by atoms with van der Waals surface area (Å²) in [5, 5.41) is 21.6. The number of esters is 1. The quantitative estimate of drug-likeness (QED) is 0.624. The third-order valence-corrected chi connectivity index (χ3v) is 9.86. The van der Waals surface area contributed by atoms with Crippen LogP contribution >= 0.6 is 0 Å². The molecule has 0 amide bonds. The first kappa shape index (κ1) is 22.1. The van der Waals surface area contributed by atoms with E-state index in [1.165, 1.54) is 0 Å². The molecular formula is C25H40O5. The van der Waals surface area contributed by atoms with E-state index in [1.54, 1.807) is 0 Å². The maximum atomic E-state index is 12.2. The smallest absolute Gasteiger partial charge is 0.309 e. The van der Waals surface area contributed by atoms with Gasteiger partial charge in [0.25, 0.3) is 0 Å². The van der Waals surface area contributed by atoms with Gasteiger partial charge in [-0.2, -0.15) is 0 Å². The Morgan fingerprint density at radius 1 is 1.07 bits per heavy atom. The average Bonchev–Trinajstić information content (AvgIpc) is 2.85. The Kier molecular flexibility index (Phi) is 5.32. The average molecular weight is 421 g/mol. The highest BCUT2D eigenvalue weighted by atomic mass is 16.5. The van der Waals surface area contributed by atoms with Gasteiger partial charge in [-0.25, -0.2) is 0 Å². The predicted octanol–water partition coefficient (Wildman–Crippen LogP) is 4.80. The molecule has 5 heteroatoms. The van der Waals surface area contributed by atoms with Crippen LogP contribution in [0, 0.1) is 39.9 Å². The van der Waals surface area contributed by atoms with Crippen molar-refractivity contribution < 1.29 is 24.5 Å². The molecule has 5 nitrogen and oxygen atoms in total. The van der Waals surface area contributed by atoms with Gasteiger partial charge in [0, 0.05) is 6.42 Å². The Morgan fingerprint density at radius 2 is 1.80 bits per heavy atom. The zero-order chi connectivity index (χ0) is 21.9. The third-order valence-electron chi connectivity index (χ3n) is 9.86. The number of aliphatic hydroxyl groups is 1. The lowest BCUT2D eigenvalue weighted by molar-refractivity contribution is -0.181. The topological polar surface area (TPSA) is 83.8 Å². The first-order valence-corrected chi connectivity index (χ1v) is 12.1. The molecule has 7 unspecified atom stereocenters. The maximum absolute atomic E-state index is 12.2. The summed E-state index contributed by atoms with van der Waals surface area (Å²) in [6.45, 7) is 8.43. The highest BCUT2D eigenvalue weighted by Crippen LogP contribution is 2.72. The molecule has 0 aliphatic heterocycles. The molecule has 0 saturated heterocycles. The monoisotopic (exact) mass is 420 g/mol. The van der Waals surface area contributed by atoms with Gasteiger partial charge in [0.1, 0.15) is 12.2 Å². The number of ether oxygens (including phenoxy) is 1. The van der Waals surface area contributed by atoms with Gasteiger partial charge < -0.3 is 14.9 Å². The minimum atomic E-state index is -0.921. The van der Waals surface area contributed by atoms with Gasteiger partial charge in [0.2, 0.25) is 0 Å².